The maximum atomic E-state index is 14.0. The van der Waals surface area contributed by atoms with E-state index in [2.05, 4.69) is 0 Å². The Bertz CT molecular complexity index is 1860. The number of aliphatic hydroxyl groups is 8. The zero-order valence-corrected chi connectivity index (χ0v) is 28.6. The van der Waals surface area contributed by atoms with E-state index in [9.17, 15) is 60.3 Å². The summed E-state index contributed by atoms with van der Waals surface area (Å²) in [6.07, 6.45) is -18.7. The molecule has 296 valence electrons. The minimum atomic E-state index is -2.02. The van der Waals surface area contributed by atoms with Gasteiger partial charge in [0.2, 0.25) is 23.8 Å². The fourth-order valence-electron chi connectivity index (χ4n) is 5.85. The lowest BCUT2D eigenvalue weighted by molar-refractivity contribution is -0.278. The molecule has 0 saturated carbocycles. The highest BCUT2D eigenvalue weighted by atomic mass is 16.7. The predicted molar refractivity (Wildman–Crippen MR) is 176 cm³/mol. The third kappa shape index (κ3) is 8.68. The van der Waals surface area contributed by atoms with Gasteiger partial charge in [-0.15, -0.1) is 0 Å². The van der Waals surface area contributed by atoms with E-state index in [1.54, 1.807) is 0 Å². The van der Waals surface area contributed by atoms with Gasteiger partial charge in [-0.3, -0.25) is 14.4 Å². The van der Waals surface area contributed by atoms with Crippen LogP contribution in [0.15, 0.2) is 45.6 Å². The van der Waals surface area contributed by atoms with Gasteiger partial charge < -0.3 is 83.9 Å². The van der Waals surface area contributed by atoms with Crippen molar-refractivity contribution in [3.05, 3.63) is 46.6 Å². The highest BCUT2D eigenvalue weighted by molar-refractivity contribution is 5.88. The standard InChI is InChI=1S/C34H40O20/c1-34(47,9-20(37)38)10-21(39)49-12-19-24(41)27(44)29(46)33(53-19)54-31-25(42)22-16(36)7-15(48-2)8-17(22)51-30(31)13-3-5-14(6-4-13)50-32-28(45)26(43)23(40)18(11-35)52-32/h3-8,18-19,23-24,26-29,32-33,35-36,40-41,43-47H,9-12H2,1-2H3,(H,37,38)/t18-,19-,23-,24+,26+,27+,28-,29-,32-,33+,34?/m1/s1. The lowest BCUT2D eigenvalue weighted by Crippen LogP contribution is -2.60. The first kappa shape index (κ1) is 40.6. The van der Waals surface area contributed by atoms with Crippen molar-refractivity contribution in [3.63, 3.8) is 0 Å². The van der Waals surface area contributed by atoms with Crippen molar-refractivity contribution >= 4 is 22.9 Å². The number of rotatable bonds is 13. The minimum Gasteiger partial charge on any atom is -0.507 e. The Labute approximate surface area is 304 Å². The SMILES string of the molecule is COc1cc(O)c2c(=O)c(O[C@@H]3O[C@H](COC(=O)CC(C)(O)CC(=O)O)[C@H](O)[C@H](O)[C@H]3O)c(-c3ccc(O[C@@H]4O[C@H](CO)[C@@H](O)[C@H](O)[C@H]4O)cc3)oc2c1. The summed E-state index contributed by atoms with van der Waals surface area (Å²) < 4.78 is 38.6. The number of hydrogen-bond donors (Lipinski definition) is 10. The first-order chi connectivity index (χ1) is 25.4. The summed E-state index contributed by atoms with van der Waals surface area (Å²) in [6.45, 7) is -0.366. The van der Waals surface area contributed by atoms with Crippen molar-refractivity contribution in [1.82, 2.24) is 0 Å². The minimum absolute atomic E-state index is 0.0398. The summed E-state index contributed by atoms with van der Waals surface area (Å²) in [7, 11) is 1.30. The second kappa shape index (κ2) is 16.4. The zero-order valence-electron chi connectivity index (χ0n) is 28.6. The van der Waals surface area contributed by atoms with Crippen molar-refractivity contribution in [2.45, 2.75) is 86.8 Å². The van der Waals surface area contributed by atoms with Crippen molar-refractivity contribution in [2.24, 2.45) is 0 Å². The highest BCUT2D eigenvalue weighted by Gasteiger charge is 2.47. The first-order valence-electron chi connectivity index (χ1n) is 16.4. The van der Waals surface area contributed by atoms with Gasteiger partial charge in [0.25, 0.3) is 0 Å². The molecule has 0 radical (unpaired) electrons. The number of carboxylic acid groups (broad SMARTS) is 1. The number of esters is 1. The van der Waals surface area contributed by atoms with E-state index in [0.29, 0.717) is 0 Å². The summed E-state index contributed by atoms with van der Waals surface area (Å²) in [5.74, 6) is -3.88. The molecule has 2 aliphatic heterocycles. The second-order valence-corrected chi connectivity index (χ2v) is 13.0. The van der Waals surface area contributed by atoms with Crippen LogP contribution in [0.5, 0.6) is 23.0 Å². The van der Waals surface area contributed by atoms with Crippen LogP contribution in [0.1, 0.15) is 19.8 Å². The van der Waals surface area contributed by atoms with Crippen LogP contribution in [0.3, 0.4) is 0 Å². The predicted octanol–water partition coefficient (Wildman–Crippen LogP) is -2.30. The summed E-state index contributed by atoms with van der Waals surface area (Å²) >= 11 is 0. The number of aromatic hydroxyl groups is 1. The molecule has 20 nitrogen and oxygen atoms in total. The molecule has 0 aliphatic carbocycles. The van der Waals surface area contributed by atoms with Gasteiger partial charge in [0.05, 0.1) is 32.2 Å². The van der Waals surface area contributed by atoms with Gasteiger partial charge in [-0.1, -0.05) is 0 Å². The fourth-order valence-corrected chi connectivity index (χ4v) is 5.85. The molecule has 2 fully saturated rings. The maximum Gasteiger partial charge on any atom is 0.308 e. The number of aliphatic hydroxyl groups excluding tert-OH is 7. The number of hydrogen-bond acceptors (Lipinski definition) is 19. The Morgan fingerprint density at radius 3 is 2.00 bits per heavy atom. The maximum absolute atomic E-state index is 14.0. The highest BCUT2D eigenvalue weighted by Crippen LogP contribution is 2.38. The first-order valence-corrected chi connectivity index (χ1v) is 16.4. The molecule has 3 aromatic rings. The van der Waals surface area contributed by atoms with E-state index in [4.69, 9.17) is 37.9 Å². The van der Waals surface area contributed by atoms with Crippen LogP contribution in [-0.4, -0.2) is 150 Å². The molecule has 1 unspecified atom stereocenters. The summed E-state index contributed by atoms with van der Waals surface area (Å²) in [5, 5.41) is 101. The van der Waals surface area contributed by atoms with E-state index < -0.39 is 122 Å². The molecule has 1 aromatic heterocycles. The Hall–Kier alpha value is -4.61. The fraction of sp³-hybridized carbons (Fsp3) is 0.500. The number of methoxy groups -OCH3 is 1. The summed E-state index contributed by atoms with van der Waals surface area (Å²) in [6, 6.07) is 7.79. The van der Waals surface area contributed by atoms with Crippen LogP contribution in [0.4, 0.5) is 0 Å². The Morgan fingerprint density at radius 1 is 0.815 bits per heavy atom. The molecule has 2 aliphatic rings. The van der Waals surface area contributed by atoms with E-state index in [-0.39, 0.29) is 33.8 Å². The van der Waals surface area contributed by atoms with E-state index in [1.807, 2.05) is 0 Å². The molecule has 54 heavy (non-hydrogen) atoms. The van der Waals surface area contributed by atoms with Gasteiger partial charge in [-0.05, 0) is 31.2 Å². The van der Waals surface area contributed by atoms with E-state index in [1.165, 1.54) is 37.4 Å². The lowest BCUT2D eigenvalue weighted by atomic mass is 9.98. The van der Waals surface area contributed by atoms with Crippen LogP contribution in [-0.2, 0) is 23.8 Å². The van der Waals surface area contributed by atoms with Crippen molar-refractivity contribution in [3.8, 4) is 34.3 Å². The number of phenols is 1. The van der Waals surface area contributed by atoms with Gasteiger partial charge in [-0.2, -0.15) is 0 Å². The van der Waals surface area contributed by atoms with Gasteiger partial charge in [-0.25, -0.2) is 0 Å². The number of fused-ring (bicyclic) bond motifs is 1. The number of benzene rings is 2. The van der Waals surface area contributed by atoms with Gasteiger partial charge >= 0.3 is 11.9 Å². The van der Waals surface area contributed by atoms with E-state index >= 15 is 0 Å². The molecule has 20 heteroatoms. The molecule has 3 heterocycles. The topological polar surface area (TPSA) is 322 Å². The smallest absolute Gasteiger partial charge is 0.308 e. The van der Waals surface area contributed by atoms with Gasteiger partial charge in [0, 0.05) is 17.7 Å². The molecular formula is C34H40O20. The second-order valence-electron chi connectivity index (χ2n) is 13.0. The Morgan fingerprint density at radius 2 is 1.41 bits per heavy atom. The van der Waals surface area contributed by atoms with Gasteiger partial charge in [0.15, 0.2) is 5.76 Å². The molecule has 11 atom stereocenters. The quantitative estimate of drug-likeness (QED) is 0.0817. The molecular weight excluding hydrogens is 728 g/mol. The molecule has 5 rings (SSSR count). The summed E-state index contributed by atoms with van der Waals surface area (Å²) in [5.41, 5.74) is -3.04. The molecule has 0 amide bonds. The third-order valence-electron chi connectivity index (χ3n) is 8.73. The molecule has 10 N–H and O–H groups in total. The molecule has 2 aromatic carbocycles. The van der Waals surface area contributed by atoms with Crippen LogP contribution in [0.2, 0.25) is 0 Å². The zero-order chi connectivity index (χ0) is 39.6. The number of carbonyl (C=O) groups excluding carboxylic acids is 1. The van der Waals surface area contributed by atoms with Crippen molar-refractivity contribution in [1.29, 1.82) is 0 Å². The number of carboxylic acids is 1. The lowest BCUT2D eigenvalue weighted by Gasteiger charge is -2.40. The average Bonchev–Trinajstić information content (AvgIpc) is 3.11. The normalized spacial score (nSPS) is 29.6. The van der Waals surface area contributed by atoms with Crippen molar-refractivity contribution in [2.75, 3.05) is 20.3 Å². The van der Waals surface area contributed by atoms with Crippen LogP contribution >= 0.6 is 0 Å². The van der Waals surface area contributed by atoms with Crippen LogP contribution < -0.4 is 19.6 Å². The van der Waals surface area contributed by atoms with Gasteiger partial charge in [0.1, 0.15) is 83.7 Å². The van der Waals surface area contributed by atoms with Crippen LogP contribution in [0.25, 0.3) is 22.3 Å². The third-order valence-corrected chi connectivity index (χ3v) is 8.73. The molecule has 0 spiro atoms. The Kier molecular flexibility index (Phi) is 12.3. The number of ether oxygens (including phenoxy) is 6. The number of carbonyl (C=O) groups is 2. The van der Waals surface area contributed by atoms with Crippen molar-refractivity contribution < 1.29 is 93.5 Å². The molecule has 0 bridgehead atoms. The monoisotopic (exact) mass is 768 g/mol. The largest absolute Gasteiger partial charge is 0.507 e. The summed E-state index contributed by atoms with van der Waals surface area (Å²) in [4.78, 5) is 37.3. The number of aliphatic carboxylic acids is 1. The van der Waals surface area contributed by atoms with Crippen LogP contribution in [0, 0.1) is 0 Å². The number of phenolic OH excluding ortho intramolecular Hbond substituents is 1. The van der Waals surface area contributed by atoms with E-state index in [0.717, 1.165) is 13.0 Å². The molecule has 2 saturated heterocycles. The Balaban J connectivity index is 1.44. The average molecular weight is 769 g/mol.